The highest BCUT2D eigenvalue weighted by Crippen LogP contribution is 2.41. The van der Waals surface area contributed by atoms with Crippen LogP contribution in [0.5, 0.6) is 0 Å². The quantitative estimate of drug-likeness (QED) is 0.147. The third kappa shape index (κ3) is 5.97. The van der Waals surface area contributed by atoms with Crippen molar-refractivity contribution in [3.8, 4) is 11.1 Å². The number of anilines is 6. The van der Waals surface area contributed by atoms with E-state index in [1.807, 2.05) is 6.08 Å². The molecule has 0 aliphatic heterocycles. The summed E-state index contributed by atoms with van der Waals surface area (Å²) < 4.78 is 0. The zero-order valence-electron chi connectivity index (χ0n) is 27.3. The number of hydrogen-bond acceptors (Lipinski definition) is 2. The number of fused-ring (bicyclic) bond motifs is 2. The number of rotatable bonds is 9. The van der Waals surface area contributed by atoms with Crippen LogP contribution in [0.2, 0.25) is 0 Å². The van der Waals surface area contributed by atoms with Crippen LogP contribution in [0.1, 0.15) is 5.56 Å². The van der Waals surface area contributed by atoms with E-state index in [0.29, 0.717) is 0 Å². The molecule has 0 aliphatic carbocycles. The summed E-state index contributed by atoms with van der Waals surface area (Å²) in [5.74, 6) is 0. The molecular weight excluding hydrogens is 593 g/mol. The zero-order chi connectivity index (χ0) is 33.0. The molecule has 0 unspecified atom stereocenters. The number of para-hydroxylation sites is 1. The predicted octanol–water partition coefficient (Wildman–Crippen LogP) is 13.3. The molecule has 0 fully saturated rings. The Bertz CT molecular complexity index is 2350. The van der Waals surface area contributed by atoms with Gasteiger partial charge in [-0.15, -0.1) is 6.58 Å². The summed E-state index contributed by atoms with van der Waals surface area (Å²) in [6.07, 6.45) is 2.80. The highest BCUT2D eigenvalue weighted by molar-refractivity contribution is 6.00. The molecule has 0 radical (unpaired) electrons. The van der Waals surface area contributed by atoms with Gasteiger partial charge in [-0.25, -0.2) is 0 Å². The molecule has 0 atom stereocenters. The lowest BCUT2D eigenvalue weighted by atomic mass is 10.0. The molecule has 49 heavy (non-hydrogen) atoms. The maximum Gasteiger partial charge on any atom is 0.0540 e. The monoisotopic (exact) mass is 628 g/mol. The summed E-state index contributed by atoms with van der Waals surface area (Å²) >= 11 is 0. The van der Waals surface area contributed by atoms with E-state index < -0.39 is 0 Å². The average molecular weight is 629 g/mol. The van der Waals surface area contributed by atoms with Crippen LogP contribution in [0, 0.1) is 0 Å². The fraction of sp³-hybridized carbons (Fsp3) is 0.0213. The van der Waals surface area contributed by atoms with E-state index in [-0.39, 0.29) is 0 Å². The molecule has 8 aromatic rings. The maximum atomic E-state index is 3.92. The minimum absolute atomic E-state index is 0.854. The standard InChI is InChI=1S/C47H36N2/c1-2-12-35-23-29-41(30-24-35)49(47-22-11-16-39-14-7-9-20-45(39)47)43-33-27-37(28-34-43)36-25-31-42(32-26-36)48(40-17-4-3-5-18-40)46-21-10-15-38-13-6-8-19-44(38)46/h2-11,13-34H,1,12H2. The topological polar surface area (TPSA) is 6.48 Å². The fourth-order valence-corrected chi connectivity index (χ4v) is 6.79. The van der Waals surface area contributed by atoms with Crippen LogP contribution >= 0.6 is 0 Å². The van der Waals surface area contributed by atoms with E-state index in [2.05, 4.69) is 204 Å². The minimum Gasteiger partial charge on any atom is -0.310 e. The fourth-order valence-electron chi connectivity index (χ4n) is 6.79. The van der Waals surface area contributed by atoms with Gasteiger partial charge in [0.05, 0.1) is 11.4 Å². The van der Waals surface area contributed by atoms with Crippen LogP contribution in [-0.2, 0) is 6.42 Å². The zero-order valence-corrected chi connectivity index (χ0v) is 27.3. The normalized spacial score (nSPS) is 11.0. The number of nitrogens with zero attached hydrogens (tertiary/aromatic N) is 2. The van der Waals surface area contributed by atoms with Gasteiger partial charge >= 0.3 is 0 Å². The second-order valence-electron chi connectivity index (χ2n) is 12.3. The van der Waals surface area contributed by atoms with Crippen molar-refractivity contribution in [3.05, 3.63) is 206 Å². The van der Waals surface area contributed by atoms with Gasteiger partial charge in [0.2, 0.25) is 0 Å². The van der Waals surface area contributed by atoms with Gasteiger partial charge in [-0.1, -0.05) is 133 Å². The summed E-state index contributed by atoms with van der Waals surface area (Å²) in [5, 5.41) is 4.88. The summed E-state index contributed by atoms with van der Waals surface area (Å²) in [4.78, 5) is 4.70. The van der Waals surface area contributed by atoms with E-state index in [1.165, 1.54) is 38.2 Å². The average Bonchev–Trinajstić information content (AvgIpc) is 3.17. The van der Waals surface area contributed by atoms with Crippen molar-refractivity contribution in [1.29, 1.82) is 0 Å². The van der Waals surface area contributed by atoms with Gasteiger partial charge in [-0.3, -0.25) is 0 Å². The highest BCUT2D eigenvalue weighted by atomic mass is 15.1. The molecule has 2 heteroatoms. The van der Waals surface area contributed by atoms with Crippen molar-refractivity contribution in [2.75, 3.05) is 9.80 Å². The van der Waals surface area contributed by atoms with Gasteiger partial charge in [0.1, 0.15) is 0 Å². The molecule has 8 aromatic carbocycles. The van der Waals surface area contributed by atoms with Crippen LogP contribution in [-0.4, -0.2) is 0 Å². The lowest BCUT2D eigenvalue weighted by Crippen LogP contribution is -2.10. The second kappa shape index (κ2) is 13.4. The third-order valence-corrected chi connectivity index (χ3v) is 9.19. The number of hydrogen-bond donors (Lipinski definition) is 0. The maximum absolute atomic E-state index is 3.92. The Morgan fingerprint density at radius 2 is 0.755 bits per heavy atom. The first-order chi connectivity index (χ1) is 24.3. The smallest absolute Gasteiger partial charge is 0.0540 e. The van der Waals surface area contributed by atoms with Crippen LogP contribution in [0.25, 0.3) is 32.7 Å². The summed E-state index contributed by atoms with van der Waals surface area (Å²) in [6, 6.07) is 67.5. The van der Waals surface area contributed by atoms with Crippen LogP contribution in [0.3, 0.4) is 0 Å². The minimum atomic E-state index is 0.854. The van der Waals surface area contributed by atoms with E-state index in [1.54, 1.807) is 0 Å². The van der Waals surface area contributed by atoms with Gasteiger partial charge in [-0.05, 0) is 94.5 Å². The van der Waals surface area contributed by atoms with Crippen molar-refractivity contribution in [2.45, 2.75) is 6.42 Å². The van der Waals surface area contributed by atoms with Gasteiger partial charge in [0.25, 0.3) is 0 Å². The van der Waals surface area contributed by atoms with E-state index in [9.17, 15) is 0 Å². The van der Waals surface area contributed by atoms with Crippen molar-refractivity contribution in [3.63, 3.8) is 0 Å². The Kier molecular flexibility index (Phi) is 8.19. The van der Waals surface area contributed by atoms with Crippen LogP contribution in [0.4, 0.5) is 34.1 Å². The lowest BCUT2D eigenvalue weighted by Gasteiger charge is -2.27. The Morgan fingerprint density at radius 1 is 0.367 bits per heavy atom. The van der Waals surface area contributed by atoms with Gasteiger partial charge in [-0.2, -0.15) is 0 Å². The van der Waals surface area contributed by atoms with Gasteiger partial charge in [0.15, 0.2) is 0 Å². The molecular formula is C47H36N2. The van der Waals surface area contributed by atoms with Gasteiger partial charge < -0.3 is 9.80 Å². The summed E-state index contributed by atoms with van der Waals surface area (Å²) in [5.41, 5.74) is 10.4. The van der Waals surface area contributed by atoms with Crippen molar-refractivity contribution >= 4 is 55.7 Å². The Hall–Kier alpha value is -6.38. The Balaban J connectivity index is 1.16. The molecule has 0 N–H and O–H groups in total. The Labute approximate surface area is 288 Å². The molecule has 0 aromatic heterocycles. The molecule has 0 aliphatic rings. The second-order valence-corrected chi connectivity index (χ2v) is 12.3. The number of benzene rings is 8. The highest BCUT2D eigenvalue weighted by Gasteiger charge is 2.17. The van der Waals surface area contributed by atoms with Crippen molar-refractivity contribution in [1.82, 2.24) is 0 Å². The summed E-state index contributed by atoms with van der Waals surface area (Å²) in [7, 11) is 0. The molecule has 0 spiro atoms. The molecule has 0 saturated carbocycles. The largest absolute Gasteiger partial charge is 0.310 e. The van der Waals surface area contributed by atoms with E-state index in [0.717, 1.165) is 40.5 Å². The first kappa shape index (κ1) is 30.0. The third-order valence-electron chi connectivity index (χ3n) is 9.19. The van der Waals surface area contributed by atoms with Crippen molar-refractivity contribution in [2.24, 2.45) is 0 Å². The SMILES string of the molecule is C=CCc1ccc(N(c2ccc(-c3ccc(N(c4ccccc4)c4cccc5ccccc45)cc3)cc2)c2cccc3ccccc23)cc1. The molecule has 0 saturated heterocycles. The van der Waals surface area contributed by atoms with Crippen LogP contribution < -0.4 is 9.80 Å². The Morgan fingerprint density at radius 3 is 1.22 bits per heavy atom. The molecule has 0 amide bonds. The molecule has 2 nitrogen and oxygen atoms in total. The van der Waals surface area contributed by atoms with E-state index >= 15 is 0 Å². The van der Waals surface area contributed by atoms with Crippen molar-refractivity contribution < 1.29 is 0 Å². The molecule has 0 heterocycles. The summed E-state index contributed by atoms with van der Waals surface area (Å²) in [6.45, 7) is 3.92. The molecule has 8 rings (SSSR count). The first-order valence-electron chi connectivity index (χ1n) is 16.8. The van der Waals surface area contributed by atoms with Crippen LogP contribution in [0.15, 0.2) is 201 Å². The molecule has 0 bridgehead atoms. The predicted molar refractivity (Wildman–Crippen MR) is 210 cm³/mol. The molecule has 234 valence electrons. The number of allylic oxidation sites excluding steroid dienone is 1. The van der Waals surface area contributed by atoms with E-state index in [4.69, 9.17) is 0 Å². The first-order valence-corrected chi connectivity index (χ1v) is 16.8. The lowest BCUT2D eigenvalue weighted by molar-refractivity contribution is 1.25. The van der Waals surface area contributed by atoms with Gasteiger partial charge in [0, 0.05) is 33.5 Å².